The van der Waals surface area contributed by atoms with Gasteiger partial charge in [0, 0.05) is 18.8 Å². The molecule has 0 radical (unpaired) electrons. The Morgan fingerprint density at radius 3 is 2.08 bits per heavy atom. The van der Waals surface area contributed by atoms with E-state index in [0.717, 1.165) is 6.07 Å². The summed E-state index contributed by atoms with van der Waals surface area (Å²) in [6.07, 6.45) is -4.71. The summed E-state index contributed by atoms with van der Waals surface area (Å²) in [5.41, 5.74) is -0.0383. The van der Waals surface area contributed by atoms with Gasteiger partial charge in [0.25, 0.3) is 5.91 Å². The fourth-order valence-electron chi connectivity index (χ4n) is 3.35. The summed E-state index contributed by atoms with van der Waals surface area (Å²) in [6, 6.07) is 10.4. The Morgan fingerprint density at radius 2 is 1.49 bits per heavy atom. The third-order valence-corrected chi connectivity index (χ3v) is 5.48. The van der Waals surface area contributed by atoms with E-state index in [2.05, 4.69) is 16.0 Å². The van der Waals surface area contributed by atoms with Gasteiger partial charge in [-0.3, -0.25) is 4.79 Å². The first kappa shape index (κ1) is 27.5. The second-order valence-corrected chi connectivity index (χ2v) is 8.04. The minimum Gasteiger partial charge on any atom is -0.496 e. The van der Waals surface area contributed by atoms with E-state index in [1.807, 2.05) is 0 Å². The maximum atomic E-state index is 13.2. The number of ether oxygens (including phenoxy) is 3. The summed E-state index contributed by atoms with van der Waals surface area (Å²) in [6.45, 7) is 1.71. The zero-order valence-electron chi connectivity index (χ0n) is 20.2. The molecule has 0 aliphatic rings. The molecule has 0 heterocycles. The van der Waals surface area contributed by atoms with Crippen molar-refractivity contribution in [3.8, 4) is 23.0 Å². The average Bonchev–Trinajstić information content (AvgIpc) is 2.85. The SMILES string of the molecule is CNC(=O)c1cc(Oc2ccc(NC(=O)Nc3cc(C(F)(F)F)c(Cl)cc3OC)c(C)c2)ccc1OC. The highest BCUT2D eigenvalue weighted by atomic mass is 35.5. The summed E-state index contributed by atoms with van der Waals surface area (Å²) in [5, 5.41) is 6.90. The second kappa shape index (κ2) is 11.3. The number of nitrogens with one attached hydrogen (secondary N) is 3. The fraction of sp³-hybridized carbons (Fsp3) is 0.200. The van der Waals surface area contributed by atoms with Crippen LogP contribution < -0.4 is 30.2 Å². The van der Waals surface area contributed by atoms with Gasteiger partial charge in [0.2, 0.25) is 0 Å². The van der Waals surface area contributed by atoms with Crippen LogP contribution in [0.25, 0.3) is 0 Å². The van der Waals surface area contributed by atoms with Gasteiger partial charge in [-0.15, -0.1) is 0 Å². The standard InChI is InChI=1S/C25H23ClF3N3O5/c1-13-9-14(37-15-6-8-21(35-3)16(10-15)23(33)30-2)5-7-19(13)31-24(34)32-20-11-17(25(27,28)29)18(26)12-22(20)36-4/h5-12H,1-4H3,(H,30,33)(H2,31,32,34). The number of urea groups is 1. The van der Waals surface area contributed by atoms with E-state index in [0.29, 0.717) is 40.1 Å². The molecule has 0 unspecified atom stereocenters. The molecule has 3 rings (SSSR count). The molecule has 0 fully saturated rings. The van der Waals surface area contributed by atoms with E-state index in [4.69, 9.17) is 25.8 Å². The van der Waals surface area contributed by atoms with E-state index in [1.165, 1.54) is 27.3 Å². The first-order chi connectivity index (χ1) is 17.5. The number of carbonyl (C=O) groups is 2. The Morgan fingerprint density at radius 1 is 0.865 bits per heavy atom. The van der Waals surface area contributed by atoms with Crippen LogP contribution in [0, 0.1) is 6.92 Å². The lowest BCUT2D eigenvalue weighted by atomic mass is 10.1. The van der Waals surface area contributed by atoms with Crippen molar-refractivity contribution in [2.24, 2.45) is 0 Å². The number of aryl methyl sites for hydroxylation is 1. The number of anilines is 2. The number of alkyl halides is 3. The number of methoxy groups -OCH3 is 2. The molecule has 0 aliphatic heterocycles. The number of carbonyl (C=O) groups excluding carboxylic acids is 2. The van der Waals surface area contributed by atoms with Gasteiger partial charge in [0.15, 0.2) is 0 Å². The lowest BCUT2D eigenvalue weighted by Crippen LogP contribution is -2.21. The lowest BCUT2D eigenvalue weighted by molar-refractivity contribution is -0.137. The van der Waals surface area contributed by atoms with Crippen LogP contribution in [0.15, 0.2) is 48.5 Å². The van der Waals surface area contributed by atoms with Crippen LogP contribution in [0.4, 0.5) is 29.3 Å². The zero-order valence-corrected chi connectivity index (χ0v) is 20.9. The topological polar surface area (TPSA) is 97.9 Å². The minimum atomic E-state index is -4.71. The Labute approximate surface area is 215 Å². The van der Waals surface area contributed by atoms with E-state index in [-0.39, 0.29) is 17.3 Å². The number of halogens is 4. The average molecular weight is 538 g/mol. The zero-order chi connectivity index (χ0) is 27.3. The molecular weight excluding hydrogens is 515 g/mol. The maximum absolute atomic E-state index is 13.2. The van der Waals surface area contributed by atoms with E-state index >= 15 is 0 Å². The Kier molecular flexibility index (Phi) is 8.38. The van der Waals surface area contributed by atoms with Crippen molar-refractivity contribution in [3.05, 3.63) is 70.2 Å². The van der Waals surface area contributed by atoms with Crippen molar-refractivity contribution in [2.75, 3.05) is 31.9 Å². The van der Waals surface area contributed by atoms with Crippen molar-refractivity contribution in [2.45, 2.75) is 13.1 Å². The molecule has 0 aliphatic carbocycles. The van der Waals surface area contributed by atoms with Crippen LogP contribution in [0.5, 0.6) is 23.0 Å². The van der Waals surface area contributed by atoms with Crippen LogP contribution in [0.2, 0.25) is 5.02 Å². The largest absolute Gasteiger partial charge is 0.496 e. The molecule has 37 heavy (non-hydrogen) atoms. The molecule has 3 aromatic carbocycles. The minimum absolute atomic E-state index is 0.0377. The third kappa shape index (κ3) is 6.56. The molecule has 8 nitrogen and oxygen atoms in total. The molecule has 196 valence electrons. The summed E-state index contributed by atoms with van der Waals surface area (Å²) >= 11 is 5.71. The van der Waals surface area contributed by atoms with Gasteiger partial charge in [-0.2, -0.15) is 13.2 Å². The van der Waals surface area contributed by atoms with Crippen LogP contribution in [-0.2, 0) is 6.18 Å². The van der Waals surface area contributed by atoms with Crippen molar-refractivity contribution < 1.29 is 37.0 Å². The smallest absolute Gasteiger partial charge is 0.417 e. The van der Waals surface area contributed by atoms with Crippen LogP contribution in [0.1, 0.15) is 21.5 Å². The molecule has 0 saturated carbocycles. The molecule has 3 aromatic rings. The lowest BCUT2D eigenvalue weighted by Gasteiger charge is -2.16. The van der Waals surface area contributed by atoms with Crippen LogP contribution >= 0.6 is 11.6 Å². The number of hydrogen-bond donors (Lipinski definition) is 3. The summed E-state index contributed by atoms with van der Waals surface area (Å²) in [4.78, 5) is 24.6. The molecule has 0 bridgehead atoms. The molecule has 3 N–H and O–H groups in total. The van der Waals surface area contributed by atoms with Crippen LogP contribution in [-0.4, -0.2) is 33.2 Å². The first-order valence-electron chi connectivity index (χ1n) is 10.7. The highest BCUT2D eigenvalue weighted by molar-refractivity contribution is 6.31. The maximum Gasteiger partial charge on any atom is 0.417 e. The Bertz CT molecular complexity index is 1330. The fourth-order valence-corrected chi connectivity index (χ4v) is 3.61. The van der Waals surface area contributed by atoms with Crippen molar-refractivity contribution >= 4 is 34.9 Å². The van der Waals surface area contributed by atoms with Gasteiger partial charge >= 0.3 is 12.2 Å². The third-order valence-electron chi connectivity index (χ3n) is 5.17. The van der Waals surface area contributed by atoms with Gasteiger partial charge in [0.05, 0.1) is 36.1 Å². The number of benzene rings is 3. The van der Waals surface area contributed by atoms with E-state index in [9.17, 15) is 22.8 Å². The normalized spacial score (nSPS) is 10.9. The predicted molar refractivity (Wildman–Crippen MR) is 133 cm³/mol. The van der Waals surface area contributed by atoms with Gasteiger partial charge < -0.3 is 30.2 Å². The van der Waals surface area contributed by atoms with Gasteiger partial charge in [-0.25, -0.2) is 4.79 Å². The Balaban J connectivity index is 1.76. The molecule has 0 atom stereocenters. The highest BCUT2D eigenvalue weighted by Crippen LogP contribution is 2.40. The molecule has 12 heteroatoms. The van der Waals surface area contributed by atoms with E-state index < -0.39 is 22.8 Å². The molecule has 3 amide bonds. The van der Waals surface area contributed by atoms with Crippen molar-refractivity contribution in [1.29, 1.82) is 0 Å². The van der Waals surface area contributed by atoms with Crippen molar-refractivity contribution in [1.82, 2.24) is 5.32 Å². The highest BCUT2D eigenvalue weighted by Gasteiger charge is 2.34. The number of rotatable bonds is 7. The number of hydrogen-bond acceptors (Lipinski definition) is 5. The number of amides is 3. The van der Waals surface area contributed by atoms with Gasteiger partial charge in [-0.1, -0.05) is 11.6 Å². The van der Waals surface area contributed by atoms with Gasteiger partial charge in [-0.05, 0) is 55.0 Å². The summed E-state index contributed by atoms with van der Waals surface area (Å²) < 4.78 is 55.7. The molecular formula is C25H23ClF3N3O5. The molecule has 0 spiro atoms. The Hall–Kier alpha value is -4.12. The van der Waals surface area contributed by atoms with Gasteiger partial charge in [0.1, 0.15) is 23.0 Å². The second-order valence-electron chi connectivity index (χ2n) is 7.63. The van der Waals surface area contributed by atoms with Crippen LogP contribution in [0.3, 0.4) is 0 Å². The molecule has 0 aromatic heterocycles. The summed E-state index contributed by atoms with van der Waals surface area (Å²) in [5.74, 6) is 0.805. The quantitative estimate of drug-likeness (QED) is 0.320. The predicted octanol–water partition coefficient (Wildman–Crippen LogP) is 6.48. The van der Waals surface area contributed by atoms with Crippen molar-refractivity contribution in [3.63, 3.8) is 0 Å². The monoisotopic (exact) mass is 537 g/mol. The van der Waals surface area contributed by atoms with E-state index in [1.54, 1.807) is 37.3 Å². The summed E-state index contributed by atoms with van der Waals surface area (Å²) in [7, 11) is 4.19. The molecule has 0 saturated heterocycles. The first-order valence-corrected chi connectivity index (χ1v) is 11.1.